The van der Waals surface area contributed by atoms with E-state index in [0.29, 0.717) is 37.0 Å². The molecule has 1 saturated heterocycles. The zero-order valence-electron chi connectivity index (χ0n) is 14.5. The average Bonchev–Trinajstić information content (AvgIpc) is 2.91. The van der Waals surface area contributed by atoms with Gasteiger partial charge in [-0.15, -0.1) is 0 Å². The molecular weight excluding hydrogens is 454 g/mol. The number of nitrogens with zero attached hydrogens (tertiary/aromatic N) is 1. The lowest BCUT2D eigenvalue weighted by Gasteiger charge is -2.13. The Bertz CT molecular complexity index is 947. The molecule has 0 N–H and O–H groups in total. The molecule has 0 saturated carbocycles. The summed E-state index contributed by atoms with van der Waals surface area (Å²) in [5.41, 5.74) is 1.38. The van der Waals surface area contributed by atoms with E-state index in [-0.39, 0.29) is 17.7 Å². The number of halogens is 2. The van der Waals surface area contributed by atoms with Gasteiger partial charge in [-0.3, -0.25) is 14.5 Å². The van der Waals surface area contributed by atoms with Gasteiger partial charge in [0.1, 0.15) is 11.5 Å². The molecule has 3 rings (SSSR count). The molecule has 0 aromatic heterocycles. The van der Waals surface area contributed by atoms with Gasteiger partial charge in [-0.2, -0.15) is 0 Å². The monoisotopic (exact) mass is 467 g/mol. The van der Waals surface area contributed by atoms with Gasteiger partial charge in [0.2, 0.25) is 0 Å². The van der Waals surface area contributed by atoms with Gasteiger partial charge in [0.25, 0.3) is 11.1 Å². The summed E-state index contributed by atoms with van der Waals surface area (Å²) in [5, 5.41) is 0.180. The fourth-order valence-corrected chi connectivity index (χ4v) is 4.12. The van der Waals surface area contributed by atoms with Crippen molar-refractivity contribution in [3.63, 3.8) is 0 Å². The van der Waals surface area contributed by atoms with E-state index in [0.717, 1.165) is 11.8 Å². The van der Waals surface area contributed by atoms with E-state index in [1.807, 2.05) is 6.07 Å². The molecule has 1 fully saturated rings. The SMILES string of the molecule is COc1cc(OC)c(C=C2SC(=O)N(Cc3ccccc3Cl)C2=O)cc1Br. The van der Waals surface area contributed by atoms with E-state index < -0.39 is 0 Å². The number of methoxy groups -OCH3 is 2. The first-order valence-electron chi connectivity index (χ1n) is 7.85. The molecule has 0 unspecified atom stereocenters. The maximum Gasteiger partial charge on any atom is 0.293 e. The van der Waals surface area contributed by atoms with Crippen LogP contribution in [0.15, 0.2) is 45.8 Å². The number of carbonyl (C=O) groups excluding carboxylic acids is 2. The number of hydrogen-bond acceptors (Lipinski definition) is 5. The van der Waals surface area contributed by atoms with Gasteiger partial charge in [-0.25, -0.2) is 0 Å². The van der Waals surface area contributed by atoms with Gasteiger partial charge in [0, 0.05) is 16.7 Å². The van der Waals surface area contributed by atoms with Crippen molar-refractivity contribution in [2.24, 2.45) is 0 Å². The van der Waals surface area contributed by atoms with Gasteiger partial charge in [-0.05, 0) is 51.5 Å². The lowest BCUT2D eigenvalue weighted by atomic mass is 10.1. The van der Waals surface area contributed by atoms with E-state index >= 15 is 0 Å². The molecule has 1 aliphatic heterocycles. The Morgan fingerprint density at radius 3 is 2.52 bits per heavy atom. The van der Waals surface area contributed by atoms with Crippen LogP contribution < -0.4 is 9.47 Å². The van der Waals surface area contributed by atoms with Crippen molar-refractivity contribution in [3.8, 4) is 11.5 Å². The Balaban J connectivity index is 1.91. The largest absolute Gasteiger partial charge is 0.496 e. The topological polar surface area (TPSA) is 55.8 Å². The highest BCUT2D eigenvalue weighted by Gasteiger charge is 2.35. The third-order valence-corrected chi connectivity index (χ3v) is 5.85. The number of benzene rings is 2. The highest BCUT2D eigenvalue weighted by atomic mass is 79.9. The normalized spacial score (nSPS) is 15.6. The molecule has 0 bridgehead atoms. The number of amides is 2. The second kappa shape index (κ2) is 8.37. The van der Waals surface area contributed by atoms with Crippen LogP contribution in [0.4, 0.5) is 4.79 Å². The Labute approximate surface area is 174 Å². The molecule has 27 heavy (non-hydrogen) atoms. The summed E-state index contributed by atoms with van der Waals surface area (Å²) in [7, 11) is 3.09. The predicted octanol–water partition coefficient (Wildman–Crippen LogP) is 5.36. The Morgan fingerprint density at radius 1 is 1.15 bits per heavy atom. The van der Waals surface area contributed by atoms with Crippen molar-refractivity contribution in [2.75, 3.05) is 14.2 Å². The average molecular weight is 469 g/mol. The standard InChI is InChI=1S/C19H15BrClNO4S/c1-25-15-9-16(26-2)13(20)7-12(15)8-17-18(23)22(19(24)27-17)10-11-5-3-4-6-14(11)21/h3-9H,10H2,1-2H3. The molecule has 2 amide bonds. The molecule has 0 aliphatic carbocycles. The minimum Gasteiger partial charge on any atom is -0.496 e. The summed E-state index contributed by atoms with van der Waals surface area (Å²) in [6, 6.07) is 10.6. The Morgan fingerprint density at radius 2 is 1.85 bits per heavy atom. The van der Waals surface area contributed by atoms with Crippen LogP contribution in [0.25, 0.3) is 6.08 Å². The molecule has 0 spiro atoms. The van der Waals surface area contributed by atoms with E-state index in [9.17, 15) is 9.59 Å². The van der Waals surface area contributed by atoms with Crippen LogP contribution >= 0.6 is 39.3 Å². The van der Waals surface area contributed by atoms with Crippen molar-refractivity contribution < 1.29 is 19.1 Å². The van der Waals surface area contributed by atoms with Crippen LogP contribution in [0, 0.1) is 0 Å². The second-order valence-corrected chi connectivity index (χ2v) is 7.84. The van der Waals surface area contributed by atoms with Crippen molar-refractivity contribution in [1.29, 1.82) is 0 Å². The minimum absolute atomic E-state index is 0.130. The number of carbonyl (C=O) groups is 2. The lowest BCUT2D eigenvalue weighted by Crippen LogP contribution is -2.27. The van der Waals surface area contributed by atoms with Crippen LogP contribution in [0.5, 0.6) is 11.5 Å². The molecule has 1 aliphatic rings. The second-order valence-electron chi connectivity index (χ2n) is 5.59. The maximum absolute atomic E-state index is 12.7. The van der Waals surface area contributed by atoms with Crippen molar-refractivity contribution in [2.45, 2.75) is 6.54 Å². The minimum atomic E-state index is -0.362. The first-order valence-corrected chi connectivity index (χ1v) is 9.83. The van der Waals surface area contributed by atoms with Crippen LogP contribution in [0.1, 0.15) is 11.1 Å². The first-order chi connectivity index (χ1) is 12.9. The fourth-order valence-electron chi connectivity index (χ4n) is 2.57. The van der Waals surface area contributed by atoms with Crippen LogP contribution in [-0.4, -0.2) is 30.3 Å². The number of imide groups is 1. The molecule has 1 heterocycles. The summed E-state index contributed by atoms with van der Waals surface area (Å²) >= 11 is 10.5. The molecule has 0 radical (unpaired) electrons. The highest BCUT2D eigenvalue weighted by molar-refractivity contribution is 9.10. The van der Waals surface area contributed by atoms with E-state index in [1.165, 1.54) is 12.0 Å². The van der Waals surface area contributed by atoms with Crippen molar-refractivity contribution >= 4 is 56.5 Å². The van der Waals surface area contributed by atoms with E-state index in [1.54, 1.807) is 43.5 Å². The smallest absolute Gasteiger partial charge is 0.293 e. The molecule has 140 valence electrons. The third-order valence-electron chi connectivity index (χ3n) is 3.95. The number of ether oxygens (including phenoxy) is 2. The lowest BCUT2D eigenvalue weighted by molar-refractivity contribution is -0.123. The van der Waals surface area contributed by atoms with Gasteiger partial charge >= 0.3 is 0 Å². The van der Waals surface area contributed by atoms with Gasteiger partial charge in [-0.1, -0.05) is 29.8 Å². The summed E-state index contributed by atoms with van der Waals surface area (Å²) in [6.45, 7) is 0.130. The number of rotatable bonds is 5. The fraction of sp³-hybridized carbons (Fsp3) is 0.158. The summed E-state index contributed by atoms with van der Waals surface area (Å²) in [4.78, 5) is 26.6. The van der Waals surface area contributed by atoms with E-state index in [4.69, 9.17) is 21.1 Å². The Hall–Kier alpha value is -1.96. The highest BCUT2D eigenvalue weighted by Crippen LogP contribution is 2.38. The number of hydrogen-bond donors (Lipinski definition) is 0. The van der Waals surface area contributed by atoms with Gasteiger partial charge < -0.3 is 9.47 Å². The zero-order chi connectivity index (χ0) is 19.6. The Kier molecular flexibility index (Phi) is 6.14. The van der Waals surface area contributed by atoms with Crippen molar-refractivity contribution in [1.82, 2.24) is 4.90 Å². The van der Waals surface area contributed by atoms with Crippen LogP contribution in [0.2, 0.25) is 5.02 Å². The summed E-state index contributed by atoms with van der Waals surface area (Å²) in [6.07, 6.45) is 1.64. The molecule has 2 aromatic rings. The molecule has 8 heteroatoms. The van der Waals surface area contributed by atoms with Crippen LogP contribution in [0.3, 0.4) is 0 Å². The molecule has 2 aromatic carbocycles. The first kappa shape index (κ1) is 19.8. The molecule has 5 nitrogen and oxygen atoms in total. The summed E-state index contributed by atoms with van der Waals surface area (Å²) in [5.74, 6) is 0.780. The predicted molar refractivity (Wildman–Crippen MR) is 110 cm³/mol. The maximum atomic E-state index is 12.7. The molecule has 0 atom stereocenters. The quantitative estimate of drug-likeness (QED) is 0.553. The zero-order valence-corrected chi connectivity index (χ0v) is 17.7. The van der Waals surface area contributed by atoms with Crippen LogP contribution in [-0.2, 0) is 11.3 Å². The number of thioether (sulfide) groups is 1. The third kappa shape index (κ3) is 4.15. The summed E-state index contributed by atoms with van der Waals surface area (Å²) < 4.78 is 11.3. The van der Waals surface area contributed by atoms with Gasteiger partial charge in [0.05, 0.1) is 30.1 Å². The molecular formula is C19H15BrClNO4S. The van der Waals surface area contributed by atoms with Gasteiger partial charge in [0.15, 0.2) is 0 Å². The van der Waals surface area contributed by atoms with Crippen molar-refractivity contribution in [3.05, 3.63) is 61.9 Å². The van der Waals surface area contributed by atoms with E-state index in [2.05, 4.69) is 15.9 Å².